The van der Waals surface area contributed by atoms with Crippen LogP contribution in [0.15, 0.2) is 0 Å². The highest BCUT2D eigenvalue weighted by atomic mass is 32.2. The second-order valence-corrected chi connectivity index (χ2v) is 5.50. The third kappa shape index (κ3) is 2.96. The monoisotopic (exact) mass is 256 g/mol. The highest BCUT2D eigenvalue weighted by molar-refractivity contribution is 7.99. The number of tetrazole rings is 1. The molecular weight excluding hydrogens is 240 g/mol. The number of carboxylic acid groups (broad SMARTS) is 1. The molecule has 1 fully saturated rings. The maximum Gasteiger partial charge on any atom is 0.306 e. The Hall–Kier alpha value is -1.11. The number of hydrogen-bond acceptors (Lipinski definition) is 5. The summed E-state index contributed by atoms with van der Waals surface area (Å²) in [6.07, 6.45) is 1.67. The lowest BCUT2D eigenvalue weighted by Gasteiger charge is -2.10. The van der Waals surface area contributed by atoms with Crippen molar-refractivity contribution >= 4 is 17.7 Å². The Bertz CT molecular complexity index is 389. The summed E-state index contributed by atoms with van der Waals surface area (Å²) in [6, 6.07) is 0. The van der Waals surface area contributed by atoms with Gasteiger partial charge in [-0.1, -0.05) is 6.92 Å². The van der Waals surface area contributed by atoms with Gasteiger partial charge in [-0.15, -0.1) is 5.10 Å². The number of carboxylic acids is 1. The van der Waals surface area contributed by atoms with Crippen LogP contribution >= 0.6 is 11.8 Å². The van der Waals surface area contributed by atoms with Gasteiger partial charge in [-0.2, -0.15) is 11.8 Å². The second kappa shape index (κ2) is 5.48. The van der Waals surface area contributed by atoms with Crippen molar-refractivity contribution < 1.29 is 9.90 Å². The summed E-state index contributed by atoms with van der Waals surface area (Å²) in [7, 11) is 0. The average Bonchev–Trinajstić information content (AvgIpc) is 2.95. The highest BCUT2D eigenvalue weighted by Gasteiger charge is 2.23. The van der Waals surface area contributed by atoms with Crippen LogP contribution in [0, 0.1) is 5.92 Å². The standard InChI is InChI=1S/C10H16N4O2S/c1-7(10(15)16)2-4-14-9(11-12-13-14)8-3-5-17-6-8/h7-8H,2-6H2,1H3,(H,15,16). The molecule has 0 amide bonds. The molecule has 2 heterocycles. The van der Waals surface area contributed by atoms with E-state index in [4.69, 9.17) is 5.11 Å². The van der Waals surface area contributed by atoms with Gasteiger partial charge >= 0.3 is 5.97 Å². The SMILES string of the molecule is CC(CCn1nnnc1C1CCSC1)C(=O)O. The number of aromatic nitrogens is 4. The van der Waals surface area contributed by atoms with Crippen LogP contribution in [-0.2, 0) is 11.3 Å². The molecule has 2 atom stereocenters. The Balaban J connectivity index is 1.96. The zero-order valence-corrected chi connectivity index (χ0v) is 10.6. The van der Waals surface area contributed by atoms with Crippen molar-refractivity contribution in [1.29, 1.82) is 0 Å². The van der Waals surface area contributed by atoms with Crippen LogP contribution in [0.1, 0.15) is 31.5 Å². The molecule has 0 spiro atoms. The zero-order valence-electron chi connectivity index (χ0n) is 9.74. The normalized spacial score (nSPS) is 21.6. The molecule has 1 aliphatic rings. The van der Waals surface area contributed by atoms with E-state index in [1.807, 2.05) is 11.8 Å². The van der Waals surface area contributed by atoms with E-state index < -0.39 is 5.97 Å². The summed E-state index contributed by atoms with van der Waals surface area (Å²) in [4.78, 5) is 10.7. The smallest absolute Gasteiger partial charge is 0.306 e. The highest BCUT2D eigenvalue weighted by Crippen LogP contribution is 2.30. The fraction of sp³-hybridized carbons (Fsp3) is 0.800. The van der Waals surface area contributed by atoms with Crippen molar-refractivity contribution in [1.82, 2.24) is 20.2 Å². The average molecular weight is 256 g/mol. The first-order valence-corrected chi connectivity index (χ1v) is 6.90. The van der Waals surface area contributed by atoms with Crippen molar-refractivity contribution in [2.24, 2.45) is 5.92 Å². The molecule has 0 bridgehead atoms. The summed E-state index contributed by atoms with van der Waals surface area (Å²) in [5.74, 6) is 2.43. The third-order valence-electron chi connectivity index (χ3n) is 3.05. The van der Waals surface area contributed by atoms with Gasteiger partial charge in [-0.05, 0) is 29.0 Å². The number of hydrogen-bond donors (Lipinski definition) is 1. The van der Waals surface area contributed by atoms with Crippen LogP contribution in [0.3, 0.4) is 0 Å². The van der Waals surface area contributed by atoms with Crippen LogP contribution in [-0.4, -0.2) is 42.8 Å². The van der Waals surface area contributed by atoms with Crippen LogP contribution < -0.4 is 0 Å². The minimum absolute atomic E-state index is 0.356. The van der Waals surface area contributed by atoms with E-state index in [9.17, 15) is 4.79 Å². The van der Waals surface area contributed by atoms with Crippen LogP contribution in [0.2, 0.25) is 0 Å². The Morgan fingerprint density at radius 3 is 3.18 bits per heavy atom. The predicted octanol–water partition coefficient (Wildman–Crippen LogP) is 1.00. The van der Waals surface area contributed by atoms with Crippen molar-refractivity contribution in [3.8, 4) is 0 Å². The quantitative estimate of drug-likeness (QED) is 0.846. The fourth-order valence-electron chi connectivity index (χ4n) is 1.84. The van der Waals surface area contributed by atoms with E-state index in [1.54, 1.807) is 11.6 Å². The molecule has 2 rings (SSSR count). The number of aryl methyl sites for hydroxylation is 1. The lowest BCUT2D eigenvalue weighted by molar-refractivity contribution is -0.141. The van der Waals surface area contributed by atoms with Gasteiger partial charge < -0.3 is 5.11 Å². The first-order chi connectivity index (χ1) is 8.18. The zero-order chi connectivity index (χ0) is 12.3. The minimum atomic E-state index is -0.768. The first kappa shape index (κ1) is 12.3. The minimum Gasteiger partial charge on any atom is -0.481 e. The Morgan fingerprint density at radius 1 is 1.71 bits per heavy atom. The van der Waals surface area contributed by atoms with Gasteiger partial charge in [0, 0.05) is 18.2 Å². The maximum absolute atomic E-state index is 10.7. The van der Waals surface area contributed by atoms with Gasteiger partial charge in [0.25, 0.3) is 0 Å². The summed E-state index contributed by atoms with van der Waals surface area (Å²) in [5.41, 5.74) is 0. The molecule has 0 aromatic carbocycles. The van der Waals surface area contributed by atoms with E-state index in [-0.39, 0.29) is 5.92 Å². The Labute approximate surface area is 104 Å². The molecular formula is C10H16N4O2S. The summed E-state index contributed by atoms with van der Waals surface area (Å²) in [5, 5.41) is 20.5. The fourth-order valence-corrected chi connectivity index (χ4v) is 3.06. The number of aliphatic carboxylic acids is 1. The summed E-state index contributed by atoms with van der Waals surface area (Å²) < 4.78 is 1.76. The second-order valence-electron chi connectivity index (χ2n) is 4.35. The number of carbonyl (C=O) groups is 1. The van der Waals surface area contributed by atoms with Crippen LogP contribution in [0.25, 0.3) is 0 Å². The molecule has 0 saturated carbocycles. The molecule has 1 N–H and O–H groups in total. The van der Waals surface area contributed by atoms with Gasteiger partial charge in [-0.3, -0.25) is 4.79 Å². The van der Waals surface area contributed by atoms with Gasteiger partial charge in [0.05, 0.1) is 5.92 Å². The lowest BCUT2D eigenvalue weighted by atomic mass is 10.1. The van der Waals surface area contributed by atoms with Crippen molar-refractivity contribution in [3.63, 3.8) is 0 Å². The first-order valence-electron chi connectivity index (χ1n) is 5.75. The molecule has 7 heteroatoms. The summed E-state index contributed by atoms with van der Waals surface area (Å²) in [6.45, 7) is 2.29. The van der Waals surface area contributed by atoms with E-state index in [2.05, 4.69) is 15.5 Å². The number of rotatable bonds is 5. The number of thioether (sulfide) groups is 1. The van der Waals surface area contributed by atoms with Crippen LogP contribution in [0.4, 0.5) is 0 Å². The number of nitrogens with zero attached hydrogens (tertiary/aromatic N) is 4. The van der Waals surface area contributed by atoms with E-state index >= 15 is 0 Å². The molecule has 17 heavy (non-hydrogen) atoms. The molecule has 2 unspecified atom stereocenters. The topological polar surface area (TPSA) is 80.9 Å². The Kier molecular flexibility index (Phi) is 3.98. The van der Waals surface area contributed by atoms with Gasteiger partial charge in [-0.25, -0.2) is 4.68 Å². The van der Waals surface area contributed by atoms with Crippen molar-refractivity contribution in [2.45, 2.75) is 32.2 Å². The van der Waals surface area contributed by atoms with Gasteiger partial charge in [0.1, 0.15) is 0 Å². The lowest BCUT2D eigenvalue weighted by Crippen LogP contribution is -2.16. The molecule has 0 radical (unpaired) electrons. The van der Waals surface area contributed by atoms with Gasteiger partial charge in [0.2, 0.25) is 0 Å². The largest absolute Gasteiger partial charge is 0.481 e. The maximum atomic E-state index is 10.7. The molecule has 1 aromatic heterocycles. The van der Waals surface area contributed by atoms with Crippen molar-refractivity contribution in [2.75, 3.05) is 11.5 Å². The molecule has 1 saturated heterocycles. The van der Waals surface area contributed by atoms with Gasteiger partial charge in [0.15, 0.2) is 5.82 Å². The molecule has 94 valence electrons. The van der Waals surface area contributed by atoms with Crippen LogP contribution in [0.5, 0.6) is 0 Å². The predicted molar refractivity (Wildman–Crippen MR) is 63.9 cm³/mol. The molecule has 1 aromatic rings. The molecule has 1 aliphatic heterocycles. The van der Waals surface area contributed by atoms with E-state index in [0.717, 1.165) is 23.8 Å². The van der Waals surface area contributed by atoms with Crippen molar-refractivity contribution in [3.05, 3.63) is 5.82 Å². The van der Waals surface area contributed by atoms with E-state index in [0.29, 0.717) is 18.9 Å². The Morgan fingerprint density at radius 2 is 2.53 bits per heavy atom. The van der Waals surface area contributed by atoms with E-state index in [1.165, 1.54) is 0 Å². The molecule has 0 aliphatic carbocycles. The third-order valence-corrected chi connectivity index (χ3v) is 4.21. The summed E-state index contributed by atoms with van der Waals surface area (Å²) >= 11 is 1.92. The molecule has 6 nitrogen and oxygen atoms in total.